The van der Waals surface area contributed by atoms with Crippen LogP contribution in [0.2, 0.25) is 0 Å². The van der Waals surface area contributed by atoms with Crippen LogP contribution < -0.4 is 76.1 Å². The molecule has 12 amide bonds. The van der Waals surface area contributed by atoms with Crippen LogP contribution >= 0.6 is 0 Å². The maximum atomic E-state index is 14.6. The number of carboxylic acids is 1. The number of amides is 12. The van der Waals surface area contributed by atoms with Crippen LogP contribution in [0.25, 0.3) is 0 Å². The van der Waals surface area contributed by atoms with E-state index in [9.17, 15) is 109 Å². The lowest BCUT2D eigenvalue weighted by atomic mass is 9.87. The van der Waals surface area contributed by atoms with E-state index < -0.39 is 222 Å². The molecule has 0 saturated carbocycles. The predicted octanol–water partition coefficient (Wildman–Crippen LogP) is -1.61. The minimum Gasteiger partial charge on any atom is -0.475 e. The fourth-order valence-corrected chi connectivity index (χ4v) is 10.2. The third-order valence-corrected chi connectivity index (χ3v) is 16.3. The lowest BCUT2D eigenvalue weighted by Crippen LogP contribution is -2.62. The van der Waals surface area contributed by atoms with E-state index >= 15 is 0 Å². The van der Waals surface area contributed by atoms with Crippen LogP contribution in [0.15, 0.2) is 53.7 Å². The van der Waals surface area contributed by atoms with Gasteiger partial charge in [-0.1, -0.05) is 112 Å². The molecule has 23 N–H and O–H groups in total. The van der Waals surface area contributed by atoms with E-state index in [0.717, 1.165) is 19.2 Å². The largest absolute Gasteiger partial charge is 0.490 e. The number of esters is 1. The lowest BCUT2D eigenvalue weighted by molar-refractivity contribution is -0.192. The Balaban J connectivity index is 0.00000867. The molecule has 2 aromatic rings. The summed E-state index contributed by atoms with van der Waals surface area (Å²) in [6.07, 6.45) is -18.1. The summed E-state index contributed by atoms with van der Waals surface area (Å²) in [5.41, 5.74) is 18.9. The molecule has 0 fully saturated rings. The highest BCUT2D eigenvalue weighted by Gasteiger charge is 2.43. The Kier molecular flexibility index (Phi) is 40.7. The molecule has 636 valence electrons. The van der Waals surface area contributed by atoms with Gasteiger partial charge in [-0.25, -0.2) is 14.4 Å². The van der Waals surface area contributed by atoms with Gasteiger partial charge in [-0.3, -0.25) is 62.7 Å². The van der Waals surface area contributed by atoms with Crippen LogP contribution in [-0.2, 0) is 84.4 Å². The molecule has 0 aliphatic heterocycles. The van der Waals surface area contributed by atoms with Gasteiger partial charge in [-0.05, 0) is 93.7 Å². The van der Waals surface area contributed by atoms with Crippen LogP contribution in [0, 0.1) is 29.1 Å². The van der Waals surface area contributed by atoms with Gasteiger partial charge in [0.05, 0.1) is 31.3 Å². The summed E-state index contributed by atoms with van der Waals surface area (Å²) in [7, 11) is 0. The number of aliphatic hydroxyl groups is 4. The molecule has 0 saturated heterocycles. The van der Waals surface area contributed by atoms with Crippen LogP contribution in [0.3, 0.4) is 0 Å². The van der Waals surface area contributed by atoms with Crippen molar-refractivity contribution in [3.63, 3.8) is 0 Å². The first-order valence-electron chi connectivity index (χ1n) is 35.5. The van der Waals surface area contributed by atoms with Gasteiger partial charge in [0, 0.05) is 19.2 Å². The maximum absolute atomic E-state index is 14.6. The number of rotatable bonds is 41. The van der Waals surface area contributed by atoms with Crippen molar-refractivity contribution in [2.75, 3.05) is 19.7 Å². The van der Waals surface area contributed by atoms with Gasteiger partial charge in [0.15, 0.2) is 24.2 Å². The van der Waals surface area contributed by atoms with E-state index in [2.05, 4.69) is 52.5 Å². The number of benzene rings is 1. The van der Waals surface area contributed by atoms with Gasteiger partial charge < -0.3 is 111 Å². The van der Waals surface area contributed by atoms with Gasteiger partial charge in [-0.2, -0.15) is 26.3 Å². The predicted molar refractivity (Wildman–Crippen MR) is 390 cm³/mol. The van der Waals surface area contributed by atoms with Crippen molar-refractivity contribution >= 4 is 89.0 Å². The third kappa shape index (κ3) is 36.6. The van der Waals surface area contributed by atoms with E-state index in [1.807, 2.05) is 10.6 Å². The van der Waals surface area contributed by atoms with E-state index in [-0.39, 0.29) is 67.6 Å². The number of nitrogens with two attached hydrogens (primary N) is 4. The van der Waals surface area contributed by atoms with Gasteiger partial charge in [0.1, 0.15) is 59.6 Å². The minimum absolute atomic E-state index is 0.0000928. The van der Waals surface area contributed by atoms with Crippen LogP contribution in [0.4, 0.5) is 31.1 Å². The molecule has 37 nitrogen and oxygen atoms in total. The van der Waals surface area contributed by atoms with Crippen molar-refractivity contribution in [2.45, 2.75) is 232 Å². The highest BCUT2D eigenvalue weighted by molar-refractivity contribution is 5.99. The van der Waals surface area contributed by atoms with E-state index in [0.29, 0.717) is 6.07 Å². The number of hydrogen-bond donors (Lipinski definition) is 19. The number of nitrogens with zero attached hydrogens (tertiary/aromatic N) is 2. The zero-order valence-electron chi connectivity index (χ0n) is 65.0. The van der Waals surface area contributed by atoms with Crippen LogP contribution in [0.1, 0.15) is 152 Å². The van der Waals surface area contributed by atoms with E-state index in [4.69, 9.17) is 42.3 Å². The maximum Gasteiger partial charge on any atom is 0.490 e. The highest BCUT2D eigenvalue weighted by atomic mass is 19.4. The summed E-state index contributed by atoms with van der Waals surface area (Å²) in [6.45, 7) is 20.1. The molecule has 0 spiro atoms. The molecule has 2 rings (SSSR count). The normalized spacial score (nSPS) is 15.7. The highest BCUT2D eigenvalue weighted by Crippen LogP contribution is 2.29. The SMILES string of the molecule is CC[C@H](C)[C@H](NC(=O)[C@@H](CCCN=C(N)N)NC(=O)[C@H](CC(C)C)NC(=O)[C@@H](C)[C@H](O)C(C)C)C(=O)N[C@H](C(=O)NCC(=O)N[C@H](C(=O)N[C@@H](CO)C(=O)O[C@H](c1ccccc1)[C@H](NC(=O)[C@H](Cc1ccc(C(F)(F)F)nc1)NC(=O)[C@@H](CC(C)(C)C)NC(=O)OC(C)(C)C)C(N)=O)[C@H](O)C(N)=O)[C@H](C)O.O=C(O)C(F)(F)F. The number of pyridine rings is 1. The zero-order valence-corrected chi connectivity index (χ0v) is 65.0. The number of halogens is 6. The molecule has 0 aliphatic rings. The number of aromatic nitrogens is 1. The molecular weight excluding hydrogens is 1510 g/mol. The molecular formula is C70H108F6N16O21. The molecule has 15 atom stereocenters. The van der Waals surface area contributed by atoms with Gasteiger partial charge in [0.25, 0.3) is 0 Å². The Morgan fingerprint density at radius 2 is 1.10 bits per heavy atom. The van der Waals surface area contributed by atoms with Crippen molar-refractivity contribution in [3.05, 3.63) is 65.5 Å². The number of hydrogen-bond acceptors (Lipinski definition) is 22. The summed E-state index contributed by atoms with van der Waals surface area (Å²) in [4.78, 5) is 195. The Hall–Kier alpha value is -10.6. The number of primary amides is 2. The lowest BCUT2D eigenvalue weighted by Gasteiger charge is -2.31. The smallest absolute Gasteiger partial charge is 0.475 e. The molecule has 0 aliphatic carbocycles. The van der Waals surface area contributed by atoms with Crippen LogP contribution in [0.5, 0.6) is 0 Å². The minimum atomic E-state index is -5.08. The number of alkyl carbamates (subject to hydrolysis) is 1. The number of aliphatic hydroxyl groups excluding tert-OH is 4. The Morgan fingerprint density at radius 3 is 1.57 bits per heavy atom. The average molecular weight is 1620 g/mol. The summed E-state index contributed by atoms with van der Waals surface area (Å²) in [5.74, 6) is -19.8. The van der Waals surface area contributed by atoms with Gasteiger partial charge >= 0.3 is 30.4 Å². The van der Waals surface area contributed by atoms with Crippen LogP contribution in [-0.4, -0.2) is 224 Å². The summed E-state index contributed by atoms with van der Waals surface area (Å²) >= 11 is 0. The Labute approximate surface area is 647 Å². The second-order valence-electron chi connectivity index (χ2n) is 29.4. The first kappa shape index (κ1) is 100. The summed E-state index contributed by atoms with van der Waals surface area (Å²) < 4.78 is 83.5. The second kappa shape index (κ2) is 45.8. The van der Waals surface area contributed by atoms with Crippen molar-refractivity contribution in [1.82, 2.24) is 58.2 Å². The number of nitrogens with one attached hydrogen (secondary N) is 10. The second-order valence-corrected chi connectivity index (χ2v) is 29.4. The molecule has 0 unspecified atom stereocenters. The fraction of sp³-hybridized carbons (Fsp3) is 0.629. The first-order chi connectivity index (χ1) is 52.0. The first-order valence-corrected chi connectivity index (χ1v) is 35.5. The zero-order chi connectivity index (χ0) is 87.1. The standard InChI is InChI=1S/C68H107F3N16O19.C2HF3O2/c1-15-34(6)46(85-56(96)39(22-19-25-76-64(74)75)79-57(97)40(26-32(2)3)80-55(95)35(7)50(91)33(4)5)61(101)86-47(36(8)89)60(100)78-30-45(90)84-48(51(92)54(73)94)62(102)82-43(31-88)63(103)105-52(38-20-17-16-18-21-38)49(53(72)93)87-58(98)41(27-37-23-24-44(77-29-37)68(69,70)71)81-59(99)42(28-66(9,10)11)83-65(104)106-67(12,13)14;3-2(4,5)1(6)7/h16-18,20-21,23-24,29,32-36,39-43,46-52,88-89,91-92H,15,19,22,25-28,30-31H2,1-14H3,(H2,72,93)(H2,73,94)(H,78,100)(H,79,97)(H,80,95)(H,81,99)(H,82,102)(H,83,104)(H,84,90)(H,85,96)(H,86,101)(H,87,98)(H4,74,75,76);(H,6,7)/t34-,35-,36-,39+,40-,41-,42+,43-,46-,47-,48-,49-,50+,51-,52+;/m0./s1. The molecule has 43 heteroatoms. The van der Waals surface area contributed by atoms with Crippen molar-refractivity contribution < 1.29 is 128 Å². The summed E-state index contributed by atoms with van der Waals surface area (Å²) in [5, 5.41) is 73.4. The summed E-state index contributed by atoms with van der Waals surface area (Å²) in [6, 6.07) is -7.87. The van der Waals surface area contributed by atoms with Gasteiger partial charge in [-0.15, -0.1) is 0 Å². The molecule has 0 radical (unpaired) electrons. The molecule has 113 heavy (non-hydrogen) atoms. The fourth-order valence-electron chi connectivity index (χ4n) is 10.2. The quantitative estimate of drug-likeness (QED) is 0.0117. The number of aliphatic carboxylic acids is 1. The molecule has 1 aromatic heterocycles. The number of carboxylic acid groups (broad SMARTS) is 1. The van der Waals surface area contributed by atoms with Gasteiger partial charge in [0.2, 0.25) is 65.0 Å². The number of aliphatic imine (C=N–C) groups is 1. The average Bonchev–Trinajstić information content (AvgIpc) is 0.821. The molecule has 0 bridgehead atoms. The van der Waals surface area contributed by atoms with E-state index in [1.54, 1.807) is 83.1 Å². The van der Waals surface area contributed by atoms with Crippen molar-refractivity contribution in [2.24, 2.45) is 57.0 Å². The Morgan fingerprint density at radius 1 is 0.584 bits per heavy atom. The third-order valence-electron chi connectivity index (χ3n) is 16.3. The number of carbonyl (C=O) groups is 14. The number of guanidine groups is 1. The van der Waals surface area contributed by atoms with Crippen molar-refractivity contribution in [1.29, 1.82) is 0 Å². The number of alkyl halides is 6. The number of carbonyl (C=O) groups excluding carboxylic acids is 13. The monoisotopic (exact) mass is 1620 g/mol. The molecule has 1 aromatic carbocycles. The molecule has 1 heterocycles. The van der Waals surface area contributed by atoms with Crippen molar-refractivity contribution in [3.8, 4) is 0 Å². The Bertz CT molecular complexity index is 3580. The van der Waals surface area contributed by atoms with E-state index in [1.165, 1.54) is 37.3 Å². The number of ether oxygens (including phenoxy) is 2. The topological polar surface area (TPSA) is 608 Å².